The Kier molecular flexibility index (Phi) is 4.98. The summed E-state index contributed by atoms with van der Waals surface area (Å²) in [5, 5.41) is 22.6. The van der Waals surface area contributed by atoms with Gasteiger partial charge in [-0.1, -0.05) is 24.3 Å². The van der Waals surface area contributed by atoms with E-state index in [1.165, 1.54) is 0 Å². The largest absolute Gasteiger partial charge is 0.508 e. The Morgan fingerprint density at radius 2 is 1.90 bits per heavy atom. The number of phenolic OH excluding ortho intramolecular Hbond substituents is 1. The summed E-state index contributed by atoms with van der Waals surface area (Å²) in [4.78, 5) is 0. The second kappa shape index (κ2) is 6.93. The molecule has 1 unspecified atom stereocenters. The van der Waals surface area contributed by atoms with Crippen LogP contribution >= 0.6 is 0 Å². The van der Waals surface area contributed by atoms with Crippen molar-refractivity contribution in [3.8, 4) is 11.5 Å². The first-order valence-corrected chi connectivity index (χ1v) is 6.49. The molecular formula is C16H19NO3. The van der Waals surface area contributed by atoms with Gasteiger partial charge in [-0.3, -0.25) is 0 Å². The highest BCUT2D eigenvalue weighted by molar-refractivity contribution is 5.29. The van der Waals surface area contributed by atoms with Gasteiger partial charge in [0.05, 0.1) is 13.2 Å². The summed E-state index contributed by atoms with van der Waals surface area (Å²) < 4.78 is 5.10. The van der Waals surface area contributed by atoms with Crippen molar-refractivity contribution < 1.29 is 14.9 Å². The molecule has 0 saturated carbocycles. The van der Waals surface area contributed by atoms with Crippen molar-refractivity contribution in [2.75, 3.05) is 13.7 Å². The van der Waals surface area contributed by atoms with Crippen LogP contribution in [0.25, 0.3) is 0 Å². The topological polar surface area (TPSA) is 61.7 Å². The van der Waals surface area contributed by atoms with Crippen molar-refractivity contribution in [2.24, 2.45) is 0 Å². The van der Waals surface area contributed by atoms with E-state index < -0.39 is 6.10 Å². The van der Waals surface area contributed by atoms with Crippen molar-refractivity contribution in [2.45, 2.75) is 12.6 Å². The van der Waals surface area contributed by atoms with Gasteiger partial charge in [0.2, 0.25) is 0 Å². The number of phenols is 1. The van der Waals surface area contributed by atoms with Crippen LogP contribution in [0.5, 0.6) is 11.5 Å². The van der Waals surface area contributed by atoms with Crippen LogP contribution in [0.3, 0.4) is 0 Å². The summed E-state index contributed by atoms with van der Waals surface area (Å²) in [5.41, 5.74) is 1.82. The Morgan fingerprint density at radius 1 is 1.15 bits per heavy atom. The first-order valence-electron chi connectivity index (χ1n) is 6.49. The third-order valence-corrected chi connectivity index (χ3v) is 3.08. The number of aromatic hydroxyl groups is 1. The van der Waals surface area contributed by atoms with Crippen LogP contribution in [0, 0.1) is 0 Å². The molecule has 4 heteroatoms. The first-order chi connectivity index (χ1) is 9.69. The van der Waals surface area contributed by atoms with Crippen LogP contribution < -0.4 is 10.1 Å². The molecule has 1 atom stereocenters. The van der Waals surface area contributed by atoms with Crippen molar-refractivity contribution >= 4 is 0 Å². The van der Waals surface area contributed by atoms with Crippen LogP contribution in [-0.4, -0.2) is 23.9 Å². The molecule has 0 aliphatic heterocycles. The van der Waals surface area contributed by atoms with Gasteiger partial charge in [0, 0.05) is 13.1 Å². The van der Waals surface area contributed by atoms with E-state index in [2.05, 4.69) is 5.32 Å². The van der Waals surface area contributed by atoms with Gasteiger partial charge >= 0.3 is 0 Å². The lowest BCUT2D eigenvalue weighted by Gasteiger charge is -2.12. The van der Waals surface area contributed by atoms with E-state index in [-0.39, 0.29) is 5.75 Å². The number of nitrogens with one attached hydrogen (secondary N) is 1. The minimum atomic E-state index is -0.639. The summed E-state index contributed by atoms with van der Waals surface area (Å²) in [5.74, 6) is 0.991. The molecule has 106 valence electrons. The minimum absolute atomic E-state index is 0.164. The molecule has 3 N–H and O–H groups in total. The van der Waals surface area contributed by atoms with E-state index in [9.17, 15) is 10.2 Å². The predicted molar refractivity (Wildman–Crippen MR) is 77.8 cm³/mol. The number of hydrogen-bond acceptors (Lipinski definition) is 4. The average molecular weight is 273 g/mol. The van der Waals surface area contributed by atoms with Crippen LogP contribution in [0.2, 0.25) is 0 Å². The van der Waals surface area contributed by atoms with E-state index in [1.54, 1.807) is 31.4 Å². The van der Waals surface area contributed by atoms with Gasteiger partial charge in [-0.25, -0.2) is 0 Å². The maximum Gasteiger partial charge on any atom is 0.118 e. The maximum atomic E-state index is 10.0. The highest BCUT2D eigenvalue weighted by Gasteiger charge is 2.07. The Morgan fingerprint density at radius 3 is 2.55 bits per heavy atom. The summed E-state index contributed by atoms with van der Waals surface area (Å²) in [6, 6.07) is 14.4. The lowest BCUT2D eigenvalue weighted by Crippen LogP contribution is -2.21. The normalized spacial score (nSPS) is 12.1. The molecule has 0 aliphatic rings. The first kappa shape index (κ1) is 14.4. The molecule has 2 rings (SSSR count). The van der Waals surface area contributed by atoms with Crippen LogP contribution in [0.15, 0.2) is 48.5 Å². The minimum Gasteiger partial charge on any atom is -0.508 e. The highest BCUT2D eigenvalue weighted by atomic mass is 16.5. The van der Waals surface area contributed by atoms with Gasteiger partial charge in [-0.15, -0.1) is 0 Å². The zero-order valence-electron chi connectivity index (χ0n) is 11.4. The zero-order chi connectivity index (χ0) is 14.4. The van der Waals surface area contributed by atoms with Gasteiger partial charge in [0.15, 0.2) is 0 Å². The maximum absolute atomic E-state index is 10.0. The monoisotopic (exact) mass is 273 g/mol. The van der Waals surface area contributed by atoms with E-state index in [1.807, 2.05) is 24.3 Å². The predicted octanol–water partition coefficient (Wildman–Crippen LogP) is 2.22. The van der Waals surface area contributed by atoms with Gasteiger partial charge in [0.25, 0.3) is 0 Å². The number of aliphatic hydroxyl groups is 1. The van der Waals surface area contributed by atoms with Gasteiger partial charge in [-0.05, 0) is 35.4 Å². The molecule has 0 amide bonds. The fourth-order valence-electron chi connectivity index (χ4n) is 1.95. The van der Waals surface area contributed by atoms with E-state index >= 15 is 0 Å². The molecule has 20 heavy (non-hydrogen) atoms. The fraction of sp³-hybridized carbons (Fsp3) is 0.250. The second-order valence-corrected chi connectivity index (χ2v) is 4.59. The van der Waals surface area contributed by atoms with E-state index in [0.717, 1.165) is 11.3 Å². The third-order valence-electron chi connectivity index (χ3n) is 3.08. The molecule has 2 aromatic rings. The molecule has 4 nitrogen and oxygen atoms in total. The molecule has 0 aromatic heterocycles. The number of methoxy groups -OCH3 is 1. The van der Waals surface area contributed by atoms with Gasteiger partial charge in [-0.2, -0.15) is 0 Å². The standard InChI is InChI=1S/C16H19NO3/c1-20-15-7-5-12(6-8-15)10-17-11-16(19)13-3-2-4-14(18)9-13/h2-9,16-19H,10-11H2,1H3. The Bertz CT molecular complexity index is 540. The highest BCUT2D eigenvalue weighted by Crippen LogP contribution is 2.17. The van der Waals surface area contributed by atoms with E-state index in [0.29, 0.717) is 18.7 Å². The lowest BCUT2D eigenvalue weighted by atomic mass is 10.1. The number of aliphatic hydroxyl groups excluding tert-OH is 1. The summed E-state index contributed by atoms with van der Waals surface area (Å²) >= 11 is 0. The van der Waals surface area contributed by atoms with Crippen molar-refractivity contribution in [1.82, 2.24) is 5.32 Å². The number of rotatable bonds is 6. The van der Waals surface area contributed by atoms with Crippen molar-refractivity contribution in [1.29, 1.82) is 0 Å². The van der Waals surface area contributed by atoms with Crippen molar-refractivity contribution in [3.05, 3.63) is 59.7 Å². The summed E-state index contributed by atoms with van der Waals surface area (Å²) in [6.07, 6.45) is -0.639. The lowest BCUT2D eigenvalue weighted by molar-refractivity contribution is 0.174. The number of hydrogen-bond donors (Lipinski definition) is 3. The van der Waals surface area contributed by atoms with Crippen molar-refractivity contribution in [3.63, 3.8) is 0 Å². The molecule has 0 bridgehead atoms. The smallest absolute Gasteiger partial charge is 0.118 e. The fourth-order valence-corrected chi connectivity index (χ4v) is 1.95. The SMILES string of the molecule is COc1ccc(CNCC(O)c2cccc(O)c2)cc1. The Hall–Kier alpha value is -2.04. The molecule has 0 radical (unpaired) electrons. The van der Waals surface area contributed by atoms with Crippen LogP contribution in [-0.2, 0) is 6.54 Å². The van der Waals surface area contributed by atoms with E-state index in [4.69, 9.17) is 4.74 Å². The third kappa shape index (κ3) is 3.98. The summed E-state index contributed by atoms with van der Waals surface area (Å²) in [7, 11) is 1.64. The second-order valence-electron chi connectivity index (χ2n) is 4.59. The van der Waals surface area contributed by atoms with Crippen LogP contribution in [0.1, 0.15) is 17.2 Å². The number of benzene rings is 2. The summed E-state index contributed by atoms with van der Waals surface area (Å²) in [6.45, 7) is 1.09. The molecule has 0 fully saturated rings. The van der Waals surface area contributed by atoms with Gasteiger partial charge in [0.1, 0.15) is 11.5 Å². The molecule has 2 aromatic carbocycles. The molecule has 0 heterocycles. The van der Waals surface area contributed by atoms with Gasteiger partial charge < -0.3 is 20.3 Å². The quantitative estimate of drug-likeness (QED) is 0.755. The van der Waals surface area contributed by atoms with Crippen LogP contribution in [0.4, 0.5) is 0 Å². The average Bonchev–Trinajstić information content (AvgIpc) is 2.48. The molecule has 0 saturated heterocycles. The molecular weight excluding hydrogens is 254 g/mol. The number of ether oxygens (including phenoxy) is 1. The zero-order valence-corrected chi connectivity index (χ0v) is 11.4. The Labute approximate surface area is 118 Å². The Balaban J connectivity index is 1.82. The molecule has 0 aliphatic carbocycles. The molecule has 0 spiro atoms.